The first-order valence-electron chi connectivity index (χ1n) is 15.2. The number of hydrogen-bond acceptors (Lipinski definition) is 15. The second-order valence-electron chi connectivity index (χ2n) is 11.5. The van der Waals surface area contributed by atoms with Gasteiger partial charge in [-0.15, -0.1) is 12.3 Å². The smallest absolute Gasteiger partial charge is 0.875 e. The van der Waals surface area contributed by atoms with Gasteiger partial charge in [-0.3, -0.25) is 33.9 Å². The van der Waals surface area contributed by atoms with Crippen LogP contribution >= 0.6 is 21.6 Å². The van der Waals surface area contributed by atoms with E-state index >= 15 is 0 Å². The molecule has 0 fully saturated rings. The maximum Gasteiger partial charge on any atom is 3.00 e. The molecule has 0 saturated carbocycles. The third kappa shape index (κ3) is 27.7. The SMILES string of the molecule is C=C([O-])CN(CCN(CCN(CC(=O)[O-])CC(=O)NC(CSSCC(NC)C(=O)NC(C)C)C(=O)NC(C)C)CC(=O)[O-])CC(C)=O.O.[Gd+3]. The summed E-state index contributed by atoms with van der Waals surface area (Å²) < 4.78 is 0. The van der Waals surface area contributed by atoms with E-state index in [1.807, 2.05) is 13.8 Å². The molecule has 17 nitrogen and oxygen atoms in total. The van der Waals surface area contributed by atoms with Crippen LogP contribution in [0.1, 0.15) is 34.6 Å². The molecular weight excluding hydrogens is 828 g/mol. The third-order valence-electron chi connectivity index (χ3n) is 6.12. The number of ketones is 1. The number of carbonyl (C=O) groups is 6. The first-order valence-corrected chi connectivity index (χ1v) is 17.6. The number of carbonyl (C=O) groups excluding carboxylic acids is 6. The van der Waals surface area contributed by atoms with Crippen LogP contribution in [-0.2, 0) is 28.8 Å². The fourth-order valence-corrected chi connectivity index (χ4v) is 6.52. The van der Waals surface area contributed by atoms with E-state index in [2.05, 4.69) is 27.8 Å². The fourth-order valence-electron chi connectivity index (χ4n) is 4.11. The van der Waals surface area contributed by atoms with Gasteiger partial charge in [0, 0.05) is 69.4 Å². The molecule has 0 bridgehead atoms. The number of nitrogens with one attached hydrogen (secondary N) is 4. The molecule has 49 heavy (non-hydrogen) atoms. The summed E-state index contributed by atoms with van der Waals surface area (Å²) in [7, 11) is 4.30. The summed E-state index contributed by atoms with van der Waals surface area (Å²) in [5.74, 6) is -4.16. The van der Waals surface area contributed by atoms with Crippen LogP contribution < -0.4 is 36.6 Å². The van der Waals surface area contributed by atoms with E-state index in [4.69, 9.17) is 0 Å². The first-order chi connectivity index (χ1) is 21.9. The minimum atomic E-state index is -1.47. The molecule has 0 aromatic heterocycles. The molecule has 6 N–H and O–H groups in total. The predicted octanol–water partition coefficient (Wildman–Crippen LogP) is -5.47. The van der Waals surface area contributed by atoms with Gasteiger partial charge in [0.2, 0.25) is 17.7 Å². The second-order valence-corrected chi connectivity index (χ2v) is 14.1. The standard InChI is InChI=1S/C29H53N7O9S2.Gd.H2O/c1-19(2)31-28(44)23(30-7)17-46-47-18-24(29(45)32-20(3)4)33-25(39)14-36(16-27(42)43)11-9-34(15-26(40)41)8-10-35(12-21(5)37)13-22(6)38;;/h19-20,23-24,30,37H,5,8-18H2,1-4,6-7H3,(H,31,44)(H,32,45)(H,33,39)(H,40,41)(H,42,43);;1H2/q;+3;/p-3. The molecule has 0 aliphatic rings. The number of amides is 3. The summed E-state index contributed by atoms with van der Waals surface area (Å²) in [6.45, 7) is 10.3. The molecule has 0 heterocycles. The van der Waals surface area contributed by atoms with Crippen molar-refractivity contribution in [3.8, 4) is 0 Å². The molecular formula is C29H52GdN7O10S2. The minimum absolute atomic E-state index is 0. The van der Waals surface area contributed by atoms with Gasteiger partial charge < -0.3 is 51.7 Å². The Labute approximate surface area is 328 Å². The van der Waals surface area contributed by atoms with Gasteiger partial charge in [-0.25, -0.2) is 0 Å². The molecule has 0 saturated heterocycles. The van der Waals surface area contributed by atoms with Crippen molar-refractivity contribution in [2.45, 2.75) is 58.8 Å². The predicted molar refractivity (Wildman–Crippen MR) is 179 cm³/mol. The van der Waals surface area contributed by atoms with Gasteiger partial charge >= 0.3 is 39.9 Å². The van der Waals surface area contributed by atoms with Crippen molar-refractivity contribution >= 4 is 57.0 Å². The zero-order valence-corrected chi connectivity index (χ0v) is 32.9. The van der Waals surface area contributed by atoms with Crippen LogP contribution in [0.25, 0.3) is 0 Å². The van der Waals surface area contributed by atoms with Crippen LogP contribution in [0.4, 0.5) is 0 Å². The van der Waals surface area contributed by atoms with Crippen molar-refractivity contribution in [2.24, 2.45) is 0 Å². The Kier molecular flexibility index (Phi) is 30.6. The van der Waals surface area contributed by atoms with Gasteiger partial charge in [0.15, 0.2) is 0 Å². The Bertz CT molecular complexity index is 1040. The monoisotopic (exact) mass is 880 g/mol. The van der Waals surface area contributed by atoms with Gasteiger partial charge in [0.05, 0.1) is 31.1 Å². The molecule has 2 atom stereocenters. The maximum absolute atomic E-state index is 13.0. The molecule has 0 spiro atoms. The van der Waals surface area contributed by atoms with Crippen LogP contribution in [0.15, 0.2) is 12.3 Å². The summed E-state index contributed by atoms with van der Waals surface area (Å²) >= 11 is 0. The summed E-state index contributed by atoms with van der Waals surface area (Å²) in [4.78, 5) is 76.9. The Balaban J connectivity index is -0.0000106. The average molecular weight is 880 g/mol. The molecule has 0 aliphatic heterocycles. The Morgan fingerprint density at radius 2 is 1.06 bits per heavy atom. The first kappa shape index (κ1) is 51.8. The zero-order valence-electron chi connectivity index (χ0n) is 29.0. The van der Waals surface area contributed by atoms with Crippen molar-refractivity contribution in [2.75, 3.05) is 77.5 Å². The number of hydrogen-bond donors (Lipinski definition) is 4. The molecule has 3 amide bonds. The molecule has 20 heteroatoms. The van der Waals surface area contributed by atoms with Crippen LogP contribution in [0, 0.1) is 39.9 Å². The van der Waals surface area contributed by atoms with Crippen molar-refractivity contribution < 1.29 is 89.5 Å². The summed E-state index contributed by atoms with van der Waals surface area (Å²) in [5, 5.41) is 45.5. The van der Waals surface area contributed by atoms with E-state index in [0.29, 0.717) is 5.75 Å². The fraction of sp³-hybridized carbons (Fsp3) is 0.724. The van der Waals surface area contributed by atoms with Crippen LogP contribution in [0.5, 0.6) is 0 Å². The topological polar surface area (TPSA) is 261 Å². The van der Waals surface area contributed by atoms with Crippen LogP contribution in [0.2, 0.25) is 0 Å². The van der Waals surface area contributed by atoms with E-state index < -0.39 is 61.2 Å². The molecule has 0 aromatic rings. The van der Waals surface area contributed by atoms with E-state index in [1.54, 1.807) is 20.9 Å². The Morgan fingerprint density at radius 3 is 1.47 bits per heavy atom. The van der Waals surface area contributed by atoms with Crippen molar-refractivity contribution in [1.29, 1.82) is 0 Å². The summed E-state index contributed by atoms with van der Waals surface area (Å²) in [5.41, 5.74) is 0. The number of carboxylic acids is 2. The number of rotatable bonds is 27. The molecule has 0 aliphatic carbocycles. The summed E-state index contributed by atoms with van der Waals surface area (Å²) in [6, 6.07) is -1.68. The van der Waals surface area contributed by atoms with E-state index in [-0.39, 0.29) is 114 Å². The van der Waals surface area contributed by atoms with E-state index in [0.717, 1.165) is 0 Å². The number of likely N-dealkylation sites (N-methyl/N-ethyl adjacent to an activating group) is 1. The van der Waals surface area contributed by atoms with Gasteiger partial charge in [-0.05, 0) is 41.7 Å². The number of nitrogens with zero attached hydrogens (tertiary/aromatic N) is 3. The largest absolute Gasteiger partial charge is 3.00 e. The Hall–Kier alpha value is -1.62. The average Bonchev–Trinajstić information content (AvgIpc) is 2.91. The number of Topliss-reactive ketones (excluding diaryl/α,β-unsaturated/α-hetero) is 1. The van der Waals surface area contributed by atoms with Gasteiger partial charge in [-0.1, -0.05) is 21.6 Å². The van der Waals surface area contributed by atoms with Gasteiger partial charge in [0.1, 0.15) is 11.8 Å². The number of carboxylic acid groups (broad SMARTS) is 2. The number of aliphatic carboxylic acids is 2. The van der Waals surface area contributed by atoms with Crippen molar-refractivity contribution in [1.82, 2.24) is 36.0 Å². The van der Waals surface area contributed by atoms with Gasteiger partial charge in [0.25, 0.3) is 0 Å². The molecule has 0 aromatic carbocycles. The van der Waals surface area contributed by atoms with Crippen LogP contribution in [-0.4, -0.2) is 157 Å². The van der Waals surface area contributed by atoms with E-state index in [1.165, 1.54) is 43.2 Å². The molecule has 0 rings (SSSR count). The van der Waals surface area contributed by atoms with Gasteiger partial charge in [-0.2, -0.15) is 0 Å². The normalized spacial score (nSPS) is 12.2. The minimum Gasteiger partial charge on any atom is -0.875 e. The Morgan fingerprint density at radius 1 is 0.653 bits per heavy atom. The van der Waals surface area contributed by atoms with Crippen molar-refractivity contribution in [3.05, 3.63) is 12.3 Å². The van der Waals surface area contributed by atoms with E-state index in [9.17, 15) is 44.1 Å². The second kappa shape index (κ2) is 29.0. The van der Waals surface area contributed by atoms with Crippen LogP contribution in [0.3, 0.4) is 0 Å². The zero-order chi connectivity index (χ0) is 36.1. The van der Waals surface area contributed by atoms with Crippen molar-refractivity contribution in [3.63, 3.8) is 0 Å². The molecule has 2 unspecified atom stereocenters. The molecule has 283 valence electrons. The third-order valence-corrected chi connectivity index (χ3v) is 8.54. The molecule has 1 radical (unpaired) electrons. The summed E-state index contributed by atoms with van der Waals surface area (Å²) in [6.07, 6.45) is 0. The quantitative estimate of drug-likeness (QED) is 0.0341. The maximum atomic E-state index is 13.0.